The van der Waals surface area contributed by atoms with E-state index in [0.717, 1.165) is 10.5 Å². The van der Waals surface area contributed by atoms with Crippen LogP contribution in [-0.2, 0) is 7.05 Å². The first-order valence-corrected chi connectivity index (χ1v) is 5.92. The molecule has 1 aromatic heterocycles. The lowest BCUT2D eigenvalue weighted by Crippen LogP contribution is -2.14. The molecule has 0 aliphatic carbocycles. The van der Waals surface area contributed by atoms with Gasteiger partial charge in [-0.05, 0) is 52.9 Å². The van der Waals surface area contributed by atoms with Crippen LogP contribution in [0.15, 0.2) is 33.4 Å². The van der Waals surface area contributed by atoms with Crippen molar-refractivity contribution in [2.45, 2.75) is 17.0 Å². The first-order valence-electron chi connectivity index (χ1n) is 5.10. The molecular formula is C10H12N6OS. The molecule has 0 fully saturated rings. The van der Waals surface area contributed by atoms with E-state index < -0.39 is 0 Å². The Hall–Kier alpha value is -2.09. The van der Waals surface area contributed by atoms with Crippen LogP contribution in [0.4, 0.5) is 0 Å². The van der Waals surface area contributed by atoms with E-state index in [0.29, 0.717) is 10.7 Å². The van der Waals surface area contributed by atoms with E-state index in [1.165, 1.54) is 11.8 Å². The first kappa shape index (κ1) is 12.4. The lowest BCUT2D eigenvalue weighted by atomic mass is 10.1. The van der Waals surface area contributed by atoms with Gasteiger partial charge in [0.15, 0.2) is 5.84 Å². The number of hydrogen-bond acceptors (Lipinski definition) is 6. The van der Waals surface area contributed by atoms with Crippen molar-refractivity contribution in [1.29, 1.82) is 0 Å². The topological polar surface area (TPSA) is 102 Å². The van der Waals surface area contributed by atoms with Gasteiger partial charge >= 0.3 is 0 Å². The van der Waals surface area contributed by atoms with Gasteiger partial charge in [0.05, 0.1) is 0 Å². The summed E-state index contributed by atoms with van der Waals surface area (Å²) >= 11 is 1.45. The lowest BCUT2D eigenvalue weighted by molar-refractivity contribution is 0.318. The third-order valence-corrected chi connectivity index (χ3v) is 3.39. The Kier molecular flexibility index (Phi) is 3.47. The zero-order chi connectivity index (χ0) is 13.1. The van der Waals surface area contributed by atoms with Crippen molar-refractivity contribution < 1.29 is 5.21 Å². The summed E-state index contributed by atoms with van der Waals surface area (Å²) in [5, 5.41) is 23.6. The highest BCUT2D eigenvalue weighted by molar-refractivity contribution is 7.99. The van der Waals surface area contributed by atoms with Gasteiger partial charge in [-0.25, -0.2) is 4.68 Å². The molecule has 0 saturated carbocycles. The molecule has 0 saturated heterocycles. The van der Waals surface area contributed by atoms with Crippen molar-refractivity contribution in [1.82, 2.24) is 20.2 Å². The molecule has 3 N–H and O–H groups in total. The average molecular weight is 264 g/mol. The van der Waals surface area contributed by atoms with Crippen molar-refractivity contribution in [3.05, 3.63) is 29.3 Å². The van der Waals surface area contributed by atoms with Crippen molar-refractivity contribution in [3.63, 3.8) is 0 Å². The Labute approximate surface area is 108 Å². The fourth-order valence-electron chi connectivity index (χ4n) is 1.45. The zero-order valence-corrected chi connectivity index (χ0v) is 10.7. The highest BCUT2D eigenvalue weighted by atomic mass is 32.2. The third kappa shape index (κ3) is 2.43. The number of tetrazole rings is 1. The van der Waals surface area contributed by atoms with Gasteiger partial charge in [-0.1, -0.05) is 5.16 Å². The Morgan fingerprint density at radius 1 is 1.50 bits per heavy atom. The number of oxime groups is 1. The van der Waals surface area contributed by atoms with E-state index in [9.17, 15) is 0 Å². The van der Waals surface area contributed by atoms with E-state index >= 15 is 0 Å². The SMILES string of the molecule is Cc1cc(Sc2nnnn2C)ccc1/C(N)=N/O. The Bertz CT molecular complexity index is 594. The number of aromatic nitrogens is 4. The van der Waals surface area contributed by atoms with Crippen LogP contribution in [0.1, 0.15) is 11.1 Å². The summed E-state index contributed by atoms with van der Waals surface area (Å²) in [4.78, 5) is 0.986. The number of nitrogens with zero attached hydrogens (tertiary/aromatic N) is 5. The quantitative estimate of drug-likeness (QED) is 0.367. The van der Waals surface area contributed by atoms with Gasteiger partial charge < -0.3 is 10.9 Å². The second kappa shape index (κ2) is 5.05. The number of aryl methyl sites for hydroxylation is 2. The second-order valence-electron chi connectivity index (χ2n) is 3.65. The van der Waals surface area contributed by atoms with E-state index in [2.05, 4.69) is 20.7 Å². The minimum atomic E-state index is 0.101. The van der Waals surface area contributed by atoms with E-state index in [1.54, 1.807) is 17.8 Å². The fourth-order valence-corrected chi connectivity index (χ4v) is 2.28. The van der Waals surface area contributed by atoms with Crippen LogP contribution in [0.2, 0.25) is 0 Å². The van der Waals surface area contributed by atoms with Crippen LogP contribution in [-0.4, -0.2) is 31.3 Å². The maximum Gasteiger partial charge on any atom is 0.213 e. The van der Waals surface area contributed by atoms with Gasteiger partial charge in [-0.3, -0.25) is 0 Å². The average Bonchev–Trinajstić information content (AvgIpc) is 2.74. The Morgan fingerprint density at radius 2 is 2.28 bits per heavy atom. The smallest absolute Gasteiger partial charge is 0.213 e. The van der Waals surface area contributed by atoms with Crippen molar-refractivity contribution >= 4 is 17.6 Å². The molecule has 0 aliphatic rings. The fraction of sp³-hybridized carbons (Fsp3) is 0.200. The summed E-state index contributed by atoms with van der Waals surface area (Å²) < 4.78 is 1.59. The summed E-state index contributed by atoms with van der Waals surface area (Å²) in [6.45, 7) is 1.90. The van der Waals surface area contributed by atoms with Gasteiger partial charge in [0.2, 0.25) is 5.16 Å². The first-order chi connectivity index (χ1) is 8.61. The molecule has 7 nitrogen and oxygen atoms in total. The van der Waals surface area contributed by atoms with Gasteiger partial charge in [-0.2, -0.15) is 0 Å². The predicted octanol–water partition coefficient (Wildman–Crippen LogP) is 0.764. The minimum Gasteiger partial charge on any atom is -0.409 e. The lowest BCUT2D eigenvalue weighted by Gasteiger charge is -2.06. The Morgan fingerprint density at radius 3 is 2.83 bits per heavy atom. The van der Waals surface area contributed by atoms with Gasteiger partial charge in [0.1, 0.15) is 0 Å². The molecule has 0 amide bonds. The highest BCUT2D eigenvalue weighted by Crippen LogP contribution is 2.26. The molecule has 0 unspecified atom stereocenters. The summed E-state index contributed by atoms with van der Waals surface area (Å²) in [6, 6.07) is 5.61. The number of amidine groups is 1. The Balaban J connectivity index is 2.27. The van der Waals surface area contributed by atoms with Crippen molar-refractivity contribution in [2.24, 2.45) is 17.9 Å². The molecule has 94 valence electrons. The monoisotopic (exact) mass is 264 g/mol. The van der Waals surface area contributed by atoms with Crippen molar-refractivity contribution in [3.8, 4) is 0 Å². The summed E-state index contributed by atoms with van der Waals surface area (Å²) in [5.41, 5.74) is 7.19. The van der Waals surface area contributed by atoms with Crippen molar-refractivity contribution in [2.75, 3.05) is 0 Å². The molecule has 0 radical (unpaired) electrons. The normalized spacial score (nSPS) is 11.8. The third-order valence-electron chi connectivity index (χ3n) is 2.37. The molecule has 1 heterocycles. The van der Waals surface area contributed by atoms with Gasteiger partial charge in [-0.15, -0.1) is 5.10 Å². The standard InChI is InChI=1S/C10H12N6OS/c1-6-5-7(3-4-8(6)9(11)13-17)18-10-12-14-15-16(10)2/h3-5,17H,1-2H3,(H2,11,13). The molecule has 0 bridgehead atoms. The number of benzene rings is 1. The highest BCUT2D eigenvalue weighted by Gasteiger charge is 2.08. The van der Waals surface area contributed by atoms with Gasteiger partial charge in [0.25, 0.3) is 0 Å². The van der Waals surface area contributed by atoms with Crippen LogP contribution < -0.4 is 5.73 Å². The molecule has 2 aromatic rings. The van der Waals surface area contributed by atoms with E-state index in [-0.39, 0.29) is 5.84 Å². The molecule has 8 heteroatoms. The summed E-state index contributed by atoms with van der Waals surface area (Å²) in [5.74, 6) is 0.101. The van der Waals surface area contributed by atoms with E-state index in [4.69, 9.17) is 10.9 Å². The molecule has 2 rings (SSSR count). The maximum atomic E-state index is 8.65. The number of hydrogen-bond donors (Lipinski definition) is 2. The summed E-state index contributed by atoms with van der Waals surface area (Å²) in [6.07, 6.45) is 0. The maximum absolute atomic E-state index is 8.65. The predicted molar refractivity (Wildman–Crippen MR) is 66.6 cm³/mol. The van der Waals surface area contributed by atoms with Crippen LogP contribution in [0.3, 0.4) is 0 Å². The number of nitrogens with two attached hydrogens (primary N) is 1. The summed E-state index contributed by atoms with van der Waals surface area (Å²) in [7, 11) is 1.78. The minimum absolute atomic E-state index is 0.101. The molecule has 18 heavy (non-hydrogen) atoms. The number of rotatable bonds is 3. The molecule has 1 aromatic carbocycles. The van der Waals surface area contributed by atoms with Gasteiger partial charge in [0, 0.05) is 17.5 Å². The van der Waals surface area contributed by atoms with Crippen LogP contribution in [0.5, 0.6) is 0 Å². The zero-order valence-electron chi connectivity index (χ0n) is 9.90. The van der Waals surface area contributed by atoms with Crippen LogP contribution >= 0.6 is 11.8 Å². The molecular weight excluding hydrogens is 252 g/mol. The van der Waals surface area contributed by atoms with E-state index in [1.807, 2.05) is 19.1 Å². The molecule has 0 atom stereocenters. The second-order valence-corrected chi connectivity index (χ2v) is 4.69. The van der Waals surface area contributed by atoms with Crippen LogP contribution in [0.25, 0.3) is 0 Å². The molecule has 0 spiro atoms. The molecule has 0 aliphatic heterocycles. The largest absolute Gasteiger partial charge is 0.409 e. The van der Waals surface area contributed by atoms with Crippen LogP contribution in [0, 0.1) is 6.92 Å².